The molecule has 1 N–H and O–H groups in total. The van der Waals surface area contributed by atoms with E-state index in [1.807, 2.05) is 62.4 Å². The minimum atomic E-state index is -0.0932. The van der Waals surface area contributed by atoms with Crippen molar-refractivity contribution in [3.63, 3.8) is 0 Å². The Bertz CT molecular complexity index is 861. The Morgan fingerprint density at radius 1 is 1.12 bits per heavy atom. The molecule has 0 unspecified atom stereocenters. The van der Waals surface area contributed by atoms with E-state index < -0.39 is 0 Å². The molecule has 0 saturated heterocycles. The standard InChI is InChI=1S/C17H17N5OS/c1-12-5-3-7-14(9-12)18-16(23)11-24-17-19-20-21-22(17)15-8-4-6-13(2)10-15/h3-10H,11H2,1-2H3,(H,18,23). The molecule has 122 valence electrons. The first-order chi connectivity index (χ1) is 11.6. The van der Waals surface area contributed by atoms with Crippen LogP contribution >= 0.6 is 11.8 Å². The summed E-state index contributed by atoms with van der Waals surface area (Å²) < 4.78 is 1.64. The van der Waals surface area contributed by atoms with E-state index in [-0.39, 0.29) is 11.7 Å². The van der Waals surface area contributed by atoms with Crippen LogP contribution in [0.4, 0.5) is 5.69 Å². The van der Waals surface area contributed by atoms with Crippen LogP contribution in [0.25, 0.3) is 5.69 Å². The Labute approximate surface area is 144 Å². The number of carbonyl (C=O) groups is 1. The summed E-state index contributed by atoms with van der Waals surface area (Å²) in [5, 5.41) is 15.2. The van der Waals surface area contributed by atoms with Crippen LogP contribution in [0.3, 0.4) is 0 Å². The van der Waals surface area contributed by atoms with E-state index in [2.05, 4.69) is 20.8 Å². The quantitative estimate of drug-likeness (QED) is 0.724. The van der Waals surface area contributed by atoms with E-state index in [9.17, 15) is 4.79 Å². The zero-order valence-corrected chi connectivity index (χ0v) is 14.2. The average molecular weight is 339 g/mol. The predicted octanol–water partition coefficient (Wildman–Crippen LogP) is 3.01. The van der Waals surface area contributed by atoms with E-state index in [1.54, 1.807) is 4.68 Å². The normalized spacial score (nSPS) is 10.6. The number of benzene rings is 2. The topological polar surface area (TPSA) is 72.7 Å². The van der Waals surface area contributed by atoms with Crippen molar-refractivity contribution in [2.75, 3.05) is 11.1 Å². The third-order valence-corrected chi connectivity index (χ3v) is 4.24. The van der Waals surface area contributed by atoms with Crippen molar-refractivity contribution in [1.82, 2.24) is 20.2 Å². The SMILES string of the molecule is Cc1cccc(NC(=O)CSc2nnnn2-c2cccc(C)c2)c1. The average Bonchev–Trinajstić information content (AvgIpc) is 3.01. The maximum Gasteiger partial charge on any atom is 0.234 e. The molecule has 1 aromatic heterocycles. The number of tetrazole rings is 1. The fourth-order valence-electron chi connectivity index (χ4n) is 2.24. The van der Waals surface area contributed by atoms with Gasteiger partial charge in [-0.25, -0.2) is 0 Å². The third-order valence-electron chi connectivity index (χ3n) is 3.32. The monoisotopic (exact) mass is 339 g/mol. The summed E-state index contributed by atoms with van der Waals surface area (Å²) in [5.74, 6) is 0.143. The maximum atomic E-state index is 12.1. The summed E-state index contributed by atoms with van der Waals surface area (Å²) in [6.45, 7) is 4.00. The highest BCUT2D eigenvalue weighted by Crippen LogP contribution is 2.19. The molecule has 0 radical (unpaired) electrons. The Kier molecular flexibility index (Phi) is 4.90. The largest absolute Gasteiger partial charge is 0.325 e. The number of thioether (sulfide) groups is 1. The van der Waals surface area contributed by atoms with Gasteiger partial charge in [0.05, 0.1) is 11.4 Å². The zero-order chi connectivity index (χ0) is 16.9. The van der Waals surface area contributed by atoms with Gasteiger partial charge in [-0.3, -0.25) is 4.79 Å². The second kappa shape index (κ2) is 7.27. The number of aryl methyl sites for hydroxylation is 2. The first-order valence-corrected chi connectivity index (χ1v) is 8.45. The van der Waals surface area contributed by atoms with Crippen LogP contribution in [0.1, 0.15) is 11.1 Å². The Morgan fingerprint density at radius 3 is 2.62 bits per heavy atom. The molecular formula is C17H17N5OS. The number of nitrogens with one attached hydrogen (secondary N) is 1. The van der Waals surface area contributed by atoms with Crippen LogP contribution in [0, 0.1) is 13.8 Å². The molecule has 3 rings (SSSR count). The summed E-state index contributed by atoms with van der Waals surface area (Å²) in [5.41, 5.74) is 3.89. The van der Waals surface area contributed by atoms with Gasteiger partial charge in [0.1, 0.15) is 0 Å². The number of nitrogens with zero attached hydrogens (tertiary/aromatic N) is 4. The van der Waals surface area contributed by atoms with Crippen LogP contribution in [0.15, 0.2) is 53.7 Å². The summed E-state index contributed by atoms with van der Waals surface area (Å²) >= 11 is 1.30. The molecule has 0 spiro atoms. The van der Waals surface area contributed by atoms with Crippen LogP contribution < -0.4 is 5.32 Å². The molecule has 24 heavy (non-hydrogen) atoms. The van der Waals surface area contributed by atoms with Gasteiger partial charge >= 0.3 is 0 Å². The van der Waals surface area contributed by atoms with Crippen molar-refractivity contribution in [3.05, 3.63) is 59.7 Å². The number of hydrogen-bond acceptors (Lipinski definition) is 5. The van der Waals surface area contributed by atoms with Gasteiger partial charge in [-0.2, -0.15) is 4.68 Å². The molecule has 0 bridgehead atoms. The Hall–Kier alpha value is -2.67. The van der Waals surface area contributed by atoms with Gasteiger partial charge < -0.3 is 5.32 Å². The number of carbonyl (C=O) groups excluding carboxylic acids is 1. The predicted molar refractivity (Wildman–Crippen MR) is 94.4 cm³/mol. The van der Waals surface area contributed by atoms with Gasteiger partial charge in [0.25, 0.3) is 0 Å². The van der Waals surface area contributed by atoms with Crippen molar-refractivity contribution < 1.29 is 4.79 Å². The lowest BCUT2D eigenvalue weighted by atomic mass is 10.2. The first kappa shape index (κ1) is 16.2. The van der Waals surface area contributed by atoms with Crippen molar-refractivity contribution >= 4 is 23.4 Å². The van der Waals surface area contributed by atoms with E-state index in [1.165, 1.54) is 11.8 Å². The molecule has 0 saturated carbocycles. The van der Waals surface area contributed by atoms with Crippen molar-refractivity contribution in [2.45, 2.75) is 19.0 Å². The fourth-order valence-corrected chi connectivity index (χ4v) is 2.93. The molecule has 1 amide bonds. The summed E-state index contributed by atoms with van der Waals surface area (Å²) in [6, 6.07) is 15.6. The number of anilines is 1. The van der Waals surface area contributed by atoms with E-state index in [0.717, 1.165) is 22.5 Å². The van der Waals surface area contributed by atoms with Crippen LogP contribution in [0.5, 0.6) is 0 Å². The van der Waals surface area contributed by atoms with Gasteiger partial charge in [0, 0.05) is 5.69 Å². The lowest BCUT2D eigenvalue weighted by molar-refractivity contribution is -0.113. The summed E-state index contributed by atoms with van der Waals surface area (Å²) in [6.07, 6.45) is 0. The highest BCUT2D eigenvalue weighted by atomic mass is 32.2. The second-order valence-corrected chi connectivity index (χ2v) is 6.36. The highest BCUT2D eigenvalue weighted by molar-refractivity contribution is 7.99. The molecule has 7 heteroatoms. The molecule has 0 atom stereocenters. The van der Waals surface area contributed by atoms with Gasteiger partial charge in [-0.05, 0) is 59.7 Å². The molecule has 0 aliphatic carbocycles. The van der Waals surface area contributed by atoms with E-state index >= 15 is 0 Å². The molecule has 6 nitrogen and oxygen atoms in total. The maximum absolute atomic E-state index is 12.1. The van der Waals surface area contributed by atoms with Crippen molar-refractivity contribution in [3.8, 4) is 5.69 Å². The number of hydrogen-bond donors (Lipinski definition) is 1. The van der Waals surface area contributed by atoms with Crippen LogP contribution in [-0.2, 0) is 4.79 Å². The number of amides is 1. The molecule has 0 aliphatic rings. The molecular weight excluding hydrogens is 322 g/mol. The first-order valence-electron chi connectivity index (χ1n) is 7.46. The second-order valence-electron chi connectivity index (χ2n) is 5.42. The van der Waals surface area contributed by atoms with Crippen LogP contribution in [0.2, 0.25) is 0 Å². The summed E-state index contributed by atoms with van der Waals surface area (Å²) in [4.78, 5) is 12.1. The van der Waals surface area contributed by atoms with Crippen LogP contribution in [-0.4, -0.2) is 31.9 Å². The lowest BCUT2D eigenvalue weighted by Gasteiger charge is -2.07. The van der Waals surface area contributed by atoms with Gasteiger partial charge in [0.15, 0.2) is 0 Å². The third kappa shape index (κ3) is 3.99. The summed E-state index contributed by atoms with van der Waals surface area (Å²) in [7, 11) is 0. The molecule has 0 fully saturated rings. The molecule has 2 aromatic carbocycles. The van der Waals surface area contributed by atoms with Gasteiger partial charge in [0.2, 0.25) is 11.1 Å². The Balaban J connectivity index is 1.65. The zero-order valence-electron chi connectivity index (χ0n) is 13.4. The number of aromatic nitrogens is 4. The smallest absolute Gasteiger partial charge is 0.234 e. The molecule has 0 aliphatic heterocycles. The molecule has 3 aromatic rings. The van der Waals surface area contributed by atoms with E-state index in [4.69, 9.17) is 0 Å². The minimum Gasteiger partial charge on any atom is -0.325 e. The molecule has 1 heterocycles. The minimum absolute atomic E-state index is 0.0932. The van der Waals surface area contributed by atoms with E-state index in [0.29, 0.717) is 5.16 Å². The van der Waals surface area contributed by atoms with Gasteiger partial charge in [-0.15, -0.1) is 5.10 Å². The number of rotatable bonds is 5. The Morgan fingerprint density at radius 2 is 1.88 bits per heavy atom. The van der Waals surface area contributed by atoms with Crippen molar-refractivity contribution in [2.24, 2.45) is 0 Å². The fraction of sp³-hybridized carbons (Fsp3) is 0.176. The van der Waals surface area contributed by atoms with Gasteiger partial charge in [-0.1, -0.05) is 36.0 Å². The van der Waals surface area contributed by atoms with Crippen molar-refractivity contribution in [1.29, 1.82) is 0 Å². The lowest BCUT2D eigenvalue weighted by Crippen LogP contribution is -2.14. The highest BCUT2D eigenvalue weighted by Gasteiger charge is 2.12.